The number of ketones is 1. The van der Waals surface area contributed by atoms with E-state index in [-0.39, 0.29) is 28.8 Å². The molecule has 0 saturated carbocycles. The third kappa shape index (κ3) is 4.23. The van der Waals surface area contributed by atoms with Gasteiger partial charge < -0.3 is 28.6 Å². The zero-order valence-corrected chi connectivity index (χ0v) is 22.1. The van der Waals surface area contributed by atoms with Crippen molar-refractivity contribution in [3.8, 4) is 28.7 Å². The zero-order chi connectivity index (χ0) is 27.3. The van der Waals surface area contributed by atoms with Crippen LogP contribution in [0.4, 0.5) is 0 Å². The van der Waals surface area contributed by atoms with Crippen LogP contribution in [0.2, 0.25) is 0 Å². The van der Waals surface area contributed by atoms with Crippen LogP contribution in [-0.4, -0.2) is 54.8 Å². The Bertz CT molecular complexity index is 1560. The summed E-state index contributed by atoms with van der Waals surface area (Å²) in [7, 11) is 4.58. The van der Waals surface area contributed by atoms with Gasteiger partial charge in [-0.2, -0.15) is 0 Å². The highest BCUT2D eigenvalue weighted by atomic mass is 16.5. The van der Waals surface area contributed by atoms with Gasteiger partial charge in [0.25, 0.3) is 5.56 Å². The lowest BCUT2D eigenvalue weighted by molar-refractivity contribution is 0.101. The van der Waals surface area contributed by atoms with E-state index in [1.54, 1.807) is 36.4 Å². The topological polar surface area (TPSA) is 99.5 Å². The first-order valence-corrected chi connectivity index (χ1v) is 12.9. The highest BCUT2D eigenvalue weighted by Gasteiger charge is 2.37. The van der Waals surface area contributed by atoms with Gasteiger partial charge in [-0.15, -0.1) is 0 Å². The fourth-order valence-corrected chi connectivity index (χ4v) is 6.18. The van der Waals surface area contributed by atoms with E-state index in [4.69, 9.17) is 18.9 Å². The van der Waals surface area contributed by atoms with Crippen molar-refractivity contribution in [3.05, 3.63) is 81.0 Å². The Labute approximate surface area is 225 Å². The van der Waals surface area contributed by atoms with E-state index < -0.39 is 0 Å². The number of phenolic OH excluding ortho intramolecular Hbond substituents is 1. The van der Waals surface area contributed by atoms with Crippen LogP contribution < -0.4 is 24.5 Å². The molecule has 6 rings (SSSR count). The number of hydrogen-bond acceptors (Lipinski definition) is 8. The van der Waals surface area contributed by atoms with Crippen molar-refractivity contribution in [2.45, 2.75) is 25.4 Å². The maximum atomic E-state index is 13.3. The van der Waals surface area contributed by atoms with Gasteiger partial charge in [-0.1, -0.05) is 6.07 Å². The molecule has 1 aromatic heterocycles. The quantitative estimate of drug-likeness (QED) is 0.481. The van der Waals surface area contributed by atoms with Gasteiger partial charge in [0.1, 0.15) is 11.5 Å². The van der Waals surface area contributed by atoms with Crippen LogP contribution in [0, 0.1) is 5.92 Å². The van der Waals surface area contributed by atoms with Crippen LogP contribution in [0.1, 0.15) is 39.5 Å². The van der Waals surface area contributed by atoms with Crippen LogP contribution in [-0.2, 0) is 13.1 Å². The van der Waals surface area contributed by atoms with E-state index in [9.17, 15) is 14.7 Å². The van der Waals surface area contributed by atoms with Crippen LogP contribution >= 0.6 is 0 Å². The number of benzene rings is 2. The number of pyridine rings is 1. The molecule has 2 atom stereocenters. The van der Waals surface area contributed by atoms with Crippen molar-refractivity contribution in [1.82, 2.24) is 9.47 Å². The summed E-state index contributed by atoms with van der Waals surface area (Å²) in [5.74, 6) is 2.22. The summed E-state index contributed by atoms with van der Waals surface area (Å²) >= 11 is 0. The lowest BCUT2D eigenvalue weighted by Crippen LogP contribution is -2.46. The Morgan fingerprint density at radius 2 is 1.79 bits per heavy atom. The number of methoxy groups -OCH3 is 3. The van der Waals surface area contributed by atoms with Crippen molar-refractivity contribution >= 4 is 11.9 Å². The first-order valence-electron chi connectivity index (χ1n) is 12.9. The molecule has 1 N–H and O–H groups in total. The normalized spacial score (nSPS) is 20.8. The number of aromatic hydroxyl groups is 1. The van der Waals surface area contributed by atoms with Crippen LogP contribution in [0.3, 0.4) is 0 Å². The van der Waals surface area contributed by atoms with Gasteiger partial charge in [0.05, 0.1) is 32.5 Å². The molecule has 2 aromatic carbocycles. The molecule has 0 aliphatic carbocycles. The minimum Gasteiger partial charge on any atom is -0.507 e. The summed E-state index contributed by atoms with van der Waals surface area (Å²) in [6.45, 7) is 2.66. The van der Waals surface area contributed by atoms with Crippen LogP contribution in [0.15, 0.2) is 53.0 Å². The standard InChI is InChI=1S/C30H30N2O7/c1-36-24-10-7-18(28(37-2)30(24)38-3)12-25-27(35)20-8-9-23(33)21(29(20)39-25)16-31-13-17-11-19(15-31)22-5-4-6-26(34)32(22)14-17/h4-10,12,17,19,33H,11,13-16H2,1-3H3/b25-12-/t17-,19+/m1/s1. The Kier molecular flexibility index (Phi) is 6.31. The number of carbonyl (C=O) groups is 1. The number of carbonyl (C=O) groups excluding carboxylic acids is 1. The molecule has 0 amide bonds. The first-order chi connectivity index (χ1) is 18.9. The Hall–Kier alpha value is -4.24. The highest BCUT2D eigenvalue weighted by Crippen LogP contribution is 2.44. The molecule has 0 unspecified atom stereocenters. The molecule has 202 valence electrons. The third-order valence-corrected chi connectivity index (χ3v) is 7.87. The molecular weight excluding hydrogens is 500 g/mol. The molecule has 3 aliphatic rings. The average Bonchev–Trinajstić information content (AvgIpc) is 3.25. The number of Topliss-reactive ketones (excluding diaryl/α,β-unsaturated/α-hetero) is 1. The molecule has 3 aliphatic heterocycles. The molecule has 2 bridgehead atoms. The minimum atomic E-state index is -0.271. The molecule has 1 fully saturated rings. The molecule has 3 aromatic rings. The second-order valence-electron chi connectivity index (χ2n) is 10.2. The molecule has 0 radical (unpaired) electrons. The summed E-state index contributed by atoms with van der Waals surface area (Å²) in [5.41, 5.74) is 2.68. The van der Waals surface area contributed by atoms with E-state index in [1.807, 2.05) is 16.7 Å². The Morgan fingerprint density at radius 1 is 0.974 bits per heavy atom. The summed E-state index contributed by atoms with van der Waals surface area (Å²) in [6.07, 6.45) is 2.65. The van der Waals surface area contributed by atoms with Gasteiger partial charge in [0.15, 0.2) is 17.3 Å². The molecule has 39 heavy (non-hydrogen) atoms. The van der Waals surface area contributed by atoms with Crippen LogP contribution in [0.25, 0.3) is 6.08 Å². The highest BCUT2D eigenvalue weighted by molar-refractivity contribution is 6.15. The molecular formula is C30H30N2O7. The molecule has 1 saturated heterocycles. The predicted molar refractivity (Wildman–Crippen MR) is 144 cm³/mol. The number of likely N-dealkylation sites (tertiary alicyclic amines) is 1. The SMILES string of the molecule is COc1ccc(/C=C2\Oc3c(ccc(O)c3CN3C[C@H]4C[C@@H](C3)c3cccc(=O)n3C4)C2=O)c(OC)c1OC. The minimum absolute atomic E-state index is 0.0477. The summed E-state index contributed by atoms with van der Waals surface area (Å²) in [5, 5.41) is 10.8. The van der Waals surface area contributed by atoms with E-state index in [1.165, 1.54) is 21.3 Å². The van der Waals surface area contributed by atoms with Gasteiger partial charge in [-0.3, -0.25) is 14.5 Å². The van der Waals surface area contributed by atoms with Gasteiger partial charge in [0, 0.05) is 49.4 Å². The van der Waals surface area contributed by atoms with Gasteiger partial charge in [-0.25, -0.2) is 0 Å². The summed E-state index contributed by atoms with van der Waals surface area (Å²) in [4.78, 5) is 28.0. The number of fused-ring (bicyclic) bond motifs is 5. The second kappa shape index (κ2) is 9.81. The smallest absolute Gasteiger partial charge is 0.250 e. The summed E-state index contributed by atoms with van der Waals surface area (Å²) in [6, 6.07) is 12.1. The number of phenols is 1. The number of nitrogens with zero attached hydrogens (tertiary/aromatic N) is 2. The molecule has 9 heteroatoms. The molecule has 0 spiro atoms. The zero-order valence-electron chi connectivity index (χ0n) is 22.1. The van der Waals surface area contributed by atoms with Crippen molar-refractivity contribution in [3.63, 3.8) is 0 Å². The van der Waals surface area contributed by atoms with Crippen molar-refractivity contribution < 1.29 is 28.8 Å². The largest absolute Gasteiger partial charge is 0.507 e. The third-order valence-electron chi connectivity index (χ3n) is 7.87. The number of ether oxygens (including phenoxy) is 4. The van der Waals surface area contributed by atoms with E-state index >= 15 is 0 Å². The maximum absolute atomic E-state index is 13.3. The van der Waals surface area contributed by atoms with Crippen molar-refractivity contribution in [2.75, 3.05) is 34.4 Å². The van der Waals surface area contributed by atoms with E-state index in [0.29, 0.717) is 58.7 Å². The first kappa shape index (κ1) is 25.1. The van der Waals surface area contributed by atoms with Crippen molar-refractivity contribution in [2.24, 2.45) is 5.92 Å². The Balaban J connectivity index is 1.30. The fourth-order valence-electron chi connectivity index (χ4n) is 6.18. The molecule has 4 heterocycles. The van der Waals surface area contributed by atoms with Gasteiger partial charge in [-0.05, 0) is 48.7 Å². The van der Waals surface area contributed by atoms with Gasteiger partial charge >= 0.3 is 0 Å². The van der Waals surface area contributed by atoms with E-state index in [0.717, 1.165) is 25.2 Å². The van der Waals surface area contributed by atoms with Crippen molar-refractivity contribution in [1.29, 1.82) is 0 Å². The fraction of sp³-hybridized carbons (Fsp3) is 0.333. The lowest BCUT2D eigenvalue weighted by Gasteiger charge is -2.42. The Morgan fingerprint density at radius 3 is 2.56 bits per heavy atom. The number of rotatable bonds is 6. The second-order valence-corrected chi connectivity index (χ2v) is 10.2. The van der Waals surface area contributed by atoms with E-state index in [2.05, 4.69) is 4.90 Å². The summed E-state index contributed by atoms with van der Waals surface area (Å²) < 4.78 is 24.4. The number of aromatic nitrogens is 1. The molecule has 9 nitrogen and oxygen atoms in total. The predicted octanol–water partition coefficient (Wildman–Crippen LogP) is 3.82. The number of piperidine rings is 1. The number of hydrogen-bond donors (Lipinski definition) is 1. The maximum Gasteiger partial charge on any atom is 0.250 e. The number of allylic oxidation sites excluding steroid dienone is 1. The monoisotopic (exact) mass is 530 g/mol. The average molecular weight is 531 g/mol. The van der Waals surface area contributed by atoms with Crippen LogP contribution in [0.5, 0.6) is 28.7 Å². The lowest BCUT2D eigenvalue weighted by atomic mass is 9.83. The van der Waals surface area contributed by atoms with Gasteiger partial charge in [0.2, 0.25) is 11.5 Å².